The van der Waals surface area contributed by atoms with Crippen molar-refractivity contribution >= 4 is 17.5 Å². The molecule has 0 bridgehead atoms. The van der Waals surface area contributed by atoms with Crippen LogP contribution in [0.4, 0.5) is 0 Å². The standard InChI is InChI=1S/C19H18OS/c20-19(17-12-21-18-7-2-1-6-16(17)18)15-10-8-14(9-11-15)13-4-3-5-13/h1-2,6-11,13,17H,3-5,12H2. The Morgan fingerprint density at radius 3 is 2.48 bits per heavy atom. The fourth-order valence-electron chi connectivity index (χ4n) is 3.24. The number of carbonyl (C=O) groups excluding carboxylic acids is 1. The molecule has 1 atom stereocenters. The molecule has 1 aliphatic carbocycles. The summed E-state index contributed by atoms with van der Waals surface area (Å²) in [6, 6.07) is 16.7. The minimum Gasteiger partial charge on any atom is -0.293 e. The van der Waals surface area contributed by atoms with Gasteiger partial charge >= 0.3 is 0 Å². The molecule has 0 amide bonds. The van der Waals surface area contributed by atoms with Gasteiger partial charge in [0.15, 0.2) is 5.78 Å². The van der Waals surface area contributed by atoms with Gasteiger partial charge < -0.3 is 0 Å². The van der Waals surface area contributed by atoms with Crippen LogP contribution in [0.1, 0.15) is 52.6 Å². The summed E-state index contributed by atoms with van der Waals surface area (Å²) in [6.45, 7) is 0. The van der Waals surface area contributed by atoms with Crippen molar-refractivity contribution in [1.29, 1.82) is 0 Å². The molecule has 4 rings (SSSR count). The molecule has 0 spiro atoms. The summed E-state index contributed by atoms with van der Waals surface area (Å²) >= 11 is 1.80. The lowest BCUT2D eigenvalue weighted by atomic mass is 9.79. The first kappa shape index (κ1) is 13.1. The molecule has 2 aliphatic rings. The fraction of sp³-hybridized carbons (Fsp3) is 0.316. The summed E-state index contributed by atoms with van der Waals surface area (Å²) in [5.41, 5.74) is 3.47. The third-order valence-corrected chi connectivity index (χ3v) is 5.97. The van der Waals surface area contributed by atoms with Crippen molar-refractivity contribution in [2.75, 3.05) is 5.75 Å². The number of carbonyl (C=O) groups is 1. The number of hydrogen-bond acceptors (Lipinski definition) is 2. The third-order valence-electron chi connectivity index (χ3n) is 4.79. The van der Waals surface area contributed by atoms with E-state index < -0.39 is 0 Å². The average molecular weight is 294 g/mol. The van der Waals surface area contributed by atoms with Crippen molar-refractivity contribution in [3.05, 3.63) is 65.2 Å². The first-order valence-electron chi connectivity index (χ1n) is 7.69. The van der Waals surface area contributed by atoms with E-state index in [-0.39, 0.29) is 11.7 Å². The molecular formula is C19H18OS. The lowest BCUT2D eigenvalue weighted by Crippen LogP contribution is -2.13. The molecule has 0 aromatic heterocycles. The molecule has 1 unspecified atom stereocenters. The molecule has 1 nitrogen and oxygen atoms in total. The van der Waals surface area contributed by atoms with Gasteiger partial charge in [0.25, 0.3) is 0 Å². The Bertz CT molecular complexity index is 670. The van der Waals surface area contributed by atoms with Gasteiger partial charge in [-0.25, -0.2) is 0 Å². The first-order valence-corrected chi connectivity index (χ1v) is 8.67. The van der Waals surface area contributed by atoms with E-state index in [0.717, 1.165) is 17.2 Å². The maximum Gasteiger partial charge on any atom is 0.171 e. The zero-order chi connectivity index (χ0) is 14.2. The second-order valence-electron chi connectivity index (χ2n) is 6.02. The van der Waals surface area contributed by atoms with Crippen LogP contribution < -0.4 is 0 Å². The molecule has 0 N–H and O–H groups in total. The molecule has 1 saturated carbocycles. The Balaban J connectivity index is 1.58. The van der Waals surface area contributed by atoms with Crippen LogP contribution >= 0.6 is 11.8 Å². The quantitative estimate of drug-likeness (QED) is 0.739. The Morgan fingerprint density at radius 1 is 1.00 bits per heavy atom. The maximum atomic E-state index is 12.8. The SMILES string of the molecule is O=C(c1ccc(C2CCC2)cc1)C1CSc2ccccc21. The van der Waals surface area contributed by atoms with E-state index in [9.17, 15) is 4.79 Å². The average Bonchev–Trinajstić information content (AvgIpc) is 2.89. The highest BCUT2D eigenvalue weighted by atomic mass is 32.2. The molecule has 21 heavy (non-hydrogen) atoms. The molecule has 2 aromatic rings. The molecular weight excluding hydrogens is 276 g/mol. The van der Waals surface area contributed by atoms with E-state index >= 15 is 0 Å². The number of benzene rings is 2. The predicted molar refractivity (Wildman–Crippen MR) is 87.3 cm³/mol. The van der Waals surface area contributed by atoms with Gasteiger partial charge in [-0.3, -0.25) is 4.79 Å². The van der Waals surface area contributed by atoms with E-state index in [2.05, 4.69) is 24.3 Å². The zero-order valence-corrected chi connectivity index (χ0v) is 12.7. The van der Waals surface area contributed by atoms with E-state index in [0.29, 0.717) is 0 Å². The van der Waals surface area contributed by atoms with Crippen molar-refractivity contribution in [3.63, 3.8) is 0 Å². The minimum atomic E-state index is 0.0285. The number of fused-ring (bicyclic) bond motifs is 1. The number of Topliss-reactive ketones (excluding diaryl/α,β-unsaturated/α-hetero) is 1. The lowest BCUT2D eigenvalue weighted by molar-refractivity contribution is 0.0968. The van der Waals surface area contributed by atoms with Gasteiger partial charge in [-0.1, -0.05) is 48.9 Å². The first-order chi connectivity index (χ1) is 10.3. The van der Waals surface area contributed by atoms with Crippen LogP contribution in [0, 0.1) is 0 Å². The van der Waals surface area contributed by atoms with Crippen LogP contribution in [0.3, 0.4) is 0 Å². The van der Waals surface area contributed by atoms with Crippen LogP contribution in [-0.4, -0.2) is 11.5 Å². The number of ketones is 1. The van der Waals surface area contributed by atoms with Gasteiger partial charge in [0.1, 0.15) is 0 Å². The van der Waals surface area contributed by atoms with Crippen LogP contribution in [0.15, 0.2) is 53.4 Å². The van der Waals surface area contributed by atoms with E-state index in [1.54, 1.807) is 11.8 Å². The van der Waals surface area contributed by atoms with Crippen LogP contribution in [0.25, 0.3) is 0 Å². The Hall–Kier alpha value is -1.54. The number of hydrogen-bond donors (Lipinski definition) is 0. The Morgan fingerprint density at radius 2 is 1.76 bits per heavy atom. The molecule has 1 fully saturated rings. The smallest absolute Gasteiger partial charge is 0.171 e. The van der Waals surface area contributed by atoms with Crippen LogP contribution in [0.2, 0.25) is 0 Å². The largest absolute Gasteiger partial charge is 0.293 e. The van der Waals surface area contributed by atoms with Gasteiger partial charge in [0.05, 0.1) is 5.92 Å². The molecule has 1 aliphatic heterocycles. The highest BCUT2D eigenvalue weighted by Crippen LogP contribution is 2.41. The van der Waals surface area contributed by atoms with Crippen molar-refractivity contribution in [2.24, 2.45) is 0 Å². The lowest BCUT2D eigenvalue weighted by Gasteiger charge is -2.25. The predicted octanol–water partition coefficient (Wildman–Crippen LogP) is 5.03. The normalized spacial score (nSPS) is 20.9. The number of thioether (sulfide) groups is 1. The highest BCUT2D eigenvalue weighted by molar-refractivity contribution is 7.99. The Kier molecular flexibility index (Phi) is 3.34. The summed E-state index contributed by atoms with van der Waals surface area (Å²) < 4.78 is 0. The van der Waals surface area contributed by atoms with Crippen LogP contribution in [-0.2, 0) is 0 Å². The highest BCUT2D eigenvalue weighted by Gasteiger charge is 2.29. The minimum absolute atomic E-state index is 0.0285. The summed E-state index contributed by atoms with van der Waals surface area (Å²) in [5.74, 6) is 1.91. The summed E-state index contributed by atoms with van der Waals surface area (Å²) in [5, 5.41) is 0. The monoisotopic (exact) mass is 294 g/mol. The summed E-state index contributed by atoms with van der Waals surface area (Å²) in [7, 11) is 0. The van der Waals surface area contributed by atoms with Gasteiger partial charge in [-0.15, -0.1) is 11.8 Å². The van der Waals surface area contributed by atoms with Crippen molar-refractivity contribution < 1.29 is 4.79 Å². The topological polar surface area (TPSA) is 17.1 Å². The van der Waals surface area contributed by atoms with Crippen molar-refractivity contribution in [1.82, 2.24) is 0 Å². The second-order valence-corrected chi connectivity index (χ2v) is 7.08. The van der Waals surface area contributed by atoms with Gasteiger partial charge in [0, 0.05) is 16.2 Å². The van der Waals surface area contributed by atoms with E-state index in [1.807, 2.05) is 24.3 Å². The summed E-state index contributed by atoms with van der Waals surface area (Å²) in [6.07, 6.45) is 3.96. The maximum absolute atomic E-state index is 12.8. The Labute approximate surface area is 129 Å². The molecule has 0 saturated heterocycles. The molecule has 2 aromatic carbocycles. The van der Waals surface area contributed by atoms with E-state index in [1.165, 1.54) is 35.3 Å². The fourth-order valence-corrected chi connectivity index (χ4v) is 4.47. The second kappa shape index (κ2) is 5.34. The molecule has 2 heteroatoms. The molecule has 106 valence electrons. The summed E-state index contributed by atoms with van der Waals surface area (Å²) in [4.78, 5) is 14.0. The van der Waals surface area contributed by atoms with Gasteiger partial charge in [-0.2, -0.15) is 0 Å². The van der Waals surface area contributed by atoms with Crippen LogP contribution in [0.5, 0.6) is 0 Å². The van der Waals surface area contributed by atoms with Crippen molar-refractivity contribution in [3.8, 4) is 0 Å². The van der Waals surface area contributed by atoms with Gasteiger partial charge in [0.2, 0.25) is 0 Å². The zero-order valence-electron chi connectivity index (χ0n) is 11.9. The van der Waals surface area contributed by atoms with Crippen molar-refractivity contribution in [2.45, 2.75) is 36.0 Å². The van der Waals surface area contributed by atoms with Gasteiger partial charge in [-0.05, 0) is 36.0 Å². The molecule has 1 heterocycles. The third kappa shape index (κ3) is 2.32. The molecule has 0 radical (unpaired) electrons. The number of rotatable bonds is 3. The van der Waals surface area contributed by atoms with E-state index in [4.69, 9.17) is 0 Å².